The predicted octanol–water partition coefficient (Wildman–Crippen LogP) is 0.103. The molecule has 8 nitrogen and oxygen atoms in total. The van der Waals surface area contributed by atoms with E-state index in [0.29, 0.717) is 25.7 Å². The number of ether oxygens (including phenoxy) is 1. The Morgan fingerprint density at radius 3 is 2.71 bits per heavy atom. The third-order valence-corrected chi connectivity index (χ3v) is 4.80. The molecule has 2 N–H and O–H groups in total. The fraction of sp³-hybridized carbons (Fsp3) is 0.833. The van der Waals surface area contributed by atoms with Gasteiger partial charge in [-0.15, -0.1) is 0 Å². The molecule has 0 saturated carbocycles. The molecule has 1 saturated heterocycles. The van der Waals surface area contributed by atoms with Crippen molar-refractivity contribution in [3.8, 4) is 0 Å². The van der Waals surface area contributed by atoms with Crippen molar-refractivity contribution in [1.29, 1.82) is 0 Å². The first kappa shape index (κ1) is 17.9. The van der Waals surface area contributed by atoms with Gasteiger partial charge in [0.25, 0.3) is 10.2 Å². The lowest BCUT2D eigenvalue weighted by Gasteiger charge is -2.22. The zero-order valence-electron chi connectivity index (χ0n) is 12.1. The number of nitrogens with one attached hydrogen (secondary N) is 1. The molecule has 1 aliphatic heterocycles. The number of aliphatic carboxylic acids is 1. The maximum atomic E-state index is 12.1. The zero-order valence-corrected chi connectivity index (χ0v) is 12.9. The molecule has 0 bridgehead atoms. The van der Waals surface area contributed by atoms with E-state index in [9.17, 15) is 18.0 Å². The minimum atomic E-state index is -3.74. The minimum Gasteiger partial charge on any atom is -0.481 e. The van der Waals surface area contributed by atoms with Gasteiger partial charge in [0.05, 0.1) is 6.61 Å². The molecule has 1 rings (SSSR count). The number of rotatable bonds is 9. The monoisotopic (exact) mass is 322 g/mol. The highest BCUT2D eigenvalue weighted by atomic mass is 32.2. The maximum Gasteiger partial charge on any atom is 0.324 e. The summed E-state index contributed by atoms with van der Waals surface area (Å²) in [5.74, 6) is -1.42. The van der Waals surface area contributed by atoms with Gasteiger partial charge in [-0.1, -0.05) is 0 Å². The molecule has 0 aromatic heterocycles. The number of esters is 1. The van der Waals surface area contributed by atoms with Crippen molar-refractivity contribution in [2.75, 3.05) is 19.7 Å². The van der Waals surface area contributed by atoms with Gasteiger partial charge < -0.3 is 9.84 Å². The minimum absolute atomic E-state index is 0.0108. The van der Waals surface area contributed by atoms with Crippen molar-refractivity contribution in [2.45, 2.75) is 45.1 Å². The lowest BCUT2D eigenvalue weighted by molar-refractivity contribution is -0.147. The van der Waals surface area contributed by atoms with Crippen LogP contribution in [0.15, 0.2) is 0 Å². The largest absolute Gasteiger partial charge is 0.481 e. The van der Waals surface area contributed by atoms with Gasteiger partial charge in [0.15, 0.2) is 0 Å². The van der Waals surface area contributed by atoms with E-state index in [1.165, 1.54) is 0 Å². The second kappa shape index (κ2) is 8.30. The molecular weight excluding hydrogens is 300 g/mol. The fourth-order valence-corrected chi connectivity index (χ4v) is 3.65. The average Bonchev–Trinajstić information content (AvgIpc) is 2.88. The Morgan fingerprint density at radius 1 is 1.38 bits per heavy atom. The van der Waals surface area contributed by atoms with E-state index < -0.39 is 28.2 Å². The normalized spacial score (nSPS) is 19.6. The third kappa shape index (κ3) is 5.60. The Kier molecular flexibility index (Phi) is 7.06. The van der Waals surface area contributed by atoms with Crippen LogP contribution in [0.4, 0.5) is 0 Å². The molecule has 1 atom stereocenters. The lowest BCUT2D eigenvalue weighted by atomic mass is 10.2. The Hall–Kier alpha value is -1.19. The first-order valence-corrected chi connectivity index (χ1v) is 8.47. The first-order chi connectivity index (χ1) is 9.88. The summed E-state index contributed by atoms with van der Waals surface area (Å²) in [5.41, 5.74) is 0. The Bertz CT molecular complexity index is 464. The van der Waals surface area contributed by atoms with E-state index in [2.05, 4.69) is 4.72 Å². The van der Waals surface area contributed by atoms with Crippen LogP contribution in [0.25, 0.3) is 0 Å². The molecule has 0 spiro atoms. The molecule has 0 radical (unpaired) electrons. The van der Waals surface area contributed by atoms with E-state index in [-0.39, 0.29) is 26.1 Å². The van der Waals surface area contributed by atoms with Gasteiger partial charge in [0.2, 0.25) is 0 Å². The standard InChI is InChI=1S/C12H22N2O6S/c1-2-20-12(17)10-6-5-9-14(10)21(18,19)13-8-4-3-7-11(15)16/h10,13H,2-9H2,1H3,(H,15,16). The Morgan fingerprint density at radius 2 is 2.10 bits per heavy atom. The van der Waals surface area contributed by atoms with Crippen LogP contribution in [0.5, 0.6) is 0 Å². The van der Waals surface area contributed by atoms with Gasteiger partial charge in [0, 0.05) is 19.5 Å². The van der Waals surface area contributed by atoms with Crippen LogP contribution in [0, 0.1) is 0 Å². The molecule has 0 aromatic carbocycles. The molecule has 0 amide bonds. The number of carbonyl (C=O) groups is 2. The molecular formula is C12H22N2O6S. The van der Waals surface area contributed by atoms with Gasteiger partial charge in [-0.3, -0.25) is 9.59 Å². The number of nitrogens with zero attached hydrogens (tertiary/aromatic N) is 1. The SMILES string of the molecule is CCOC(=O)C1CCCN1S(=O)(=O)NCCCCC(=O)O. The molecule has 0 aliphatic carbocycles. The van der Waals surface area contributed by atoms with Crippen molar-refractivity contribution in [1.82, 2.24) is 9.03 Å². The Balaban J connectivity index is 2.48. The summed E-state index contributed by atoms with van der Waals surface area (Å²) in [5, 5.41) is 8.49. The second-order valence-electron chi connectivity index (χ2n) is 4.77. The Labute approximate surface area is 124 Å². The number of carboxylic acid groups (broad SMARTS) is 1. The van der Waals surface area contributed by atoms with E-state index >= 15 is 0 Å². The number of unbranched alkanes of at least 4 members (excludes halogenated alkanes) is 1. The molecule has 1 unspecified atom stereocenters. The third-order valence-electron chi connectivity index (χ3n) is 3.17. The number of carboxylic acids is 1. The van der Waals surface area contributed by atoms with Gasteiger partial charge >= 0.3 is 11.9 Å². The highest BCUT2D eigenvalue weighted by Gasteiger charge is 2.39. The summed E-state index contributed by atoms with van der Waals surface area (Å²) in [4.78, 5) is 22.1. The summed E-state index contributed by atoms with van der Waals surface area (Å²) >= 11 is 0. The highest BCUT2D eigenvalue weighted by molar-refractivity contribution is 7.87. The first-order valence-electron chi connectivity index (χ1n) is 7.03. The molecule has 1 aliphatic rings. The molecule has 9 heteroatoms. The lowest BCUT2D eigenvalue weighted by Crippen LogP contribution is -2.47. The van der Waals surface area contributed by atoms with Crippen LogP contribution >= 0.6 is 0 Å². The van der Waals surface area contributed by atoms with Gasteiger partial charge in [-0.2, -0.15) is 12.7 Å². The van der Waals surface area contributed by atoms with E-state index in [1.54, 1.807) is 6.92 Å². The summed E-state index contributed by atoms with van der Waals surface area (Å²) in [6.45, 7) is 2.33. The molecule has 1 heterocycles. The van der Waals surface area contributed by atoms with E-state index in [0.717, 1.165) is 4.31 Å². The number of carbonyl (C=O) groups excluding carboxylic acids is 1. The van der Waals surface area contributed by atoms with Gasteiger partial charge in [-0.05, 0) is 32.6 Å². The average molecular weight is 322 g/mol. The maximum absolute atomic E-state index is 12.1. The van der Waals surface area contributed by atoms with Crippen molar-refractivity contribution in [3.05, 3.63) is 0 Å². The van der Waals surface area contributed by atoms with Crippen LogP contribution in [-0.2, 0) is 24.5 Å². The smallest absolute Gasteiger partial charge is 0.324 e. The van der Waals surface area contributed by atoms with Crippen molar-refractivity contribution in [3.63, 3.8) is 0 Å². The zero-order chi connectivity index (χ0) is 15.9. The number of hydrogen-bond acceptors (Lipinski definition) is 5. The van der Waals surface area contributed by atoms with Gasteiger partial charge in [0.1, 0.15) is 6.04 Å². The molecule has 21 heavy (non-hydrogen) atoms. The van der Waals surface area contributed by atoms with Gasteiger partial charge in [-0.25, -0.2) is 4.72 Å². The number of hydrogen-bond donors (Lipinski definition) is 2. The summed E-state index contributed by atoms with van der Waals surface area (Å²) in [7, 11) is -3.74. The van der Waals surface area contributed by atoms with Crippen LogP contribution in [-0.4, -0.2) is 55.5 Å². The predicted molar refractivity (Wildman–Crippen MR) is 74.8 cm³/mol. The van der Waals surface area contributed by atoms with E-state index in [4.69, 9.17) is 9.84 Å². The van der Waals surface area contributed by atoms with Crippen LogP contribution in [0.3, 0.4) is 0 Å². The topological polar surface area (TPSA) is 113 Å². The summed E-state index contributed by atoms with van der Waals surface area (Å²) < 4.78 is 32.7. The summed E-state index contributed by atoms with van der Waals surface area (Å²) in [6.07, 6.45) is 1.92. The summed E-state index contributed by atoms with van der Waals surface area (Å²) in [6, 6.07) is -0.763. The molecule has 122 valence electrons. The van der Waals surface area contributed by atoms with E-state index in [1.807, 2.05) is 0 Å². The van der Waals surface area contributed by atoms with Crippen molar-refractivity contribution >= 4 is 22.1 Å². The van der Waals surface area contributed by atoms with Crippen molar-refractivity contribution < 1.29 is 27.9 Å². The van der Waals surface area contributed by atoms with Crippen molar-refractivity contribution in [2.24, 2.45) is 0 Å². The van der Waals surface area contributed by atoms with Crippen LogP contribution < -0.4 is 4.72 Å². The van der Waals surface area contributed by atoms with Crippen LogP contribution in [0.2, 0.25) is 0 Å². The molecule has 1 fully saturated rings. The fourth-order valence-electron chi connectivity index (χ4n) is 2.19. The molecule has 0 aromatic rings. The van der Waals surface area contributed by atoms with Crippen LogP contribution in [0.1, 0.15) is 39.0 Å². The highest BCUT2D eigenvalue weighted by Crippen LogP contribution is 2.21. The quantitative estimate of drug-likeness (QED) is 0.460. The second-order valence-corrected chi connectivity index (χ2v) is 6.48.